The van der Waals surface area contributed by atoms with Crippen molar-refractivity contribution < 1.29 is 19.1 Å². The molecule has 1 atom stereocenters. The van der Waals surface area contributed by atoms with Gasteiger partial charge < -0.3 is 9.47 Å². The summed E-state index contributed by atoms with van der Waals surface area (Å²) in [5.41, 5.74) is 0.578. The van der Waals surface area contributed by atoms with E-state index in [0.717, 1.165) is 24.6 Å². The maximum absolute atomic E-state index is 12.6. The molecule has 2 aromatic carbocycles. The van der Waals surface area contributed by atoms with Crippen LogP contribution in [0.5, 0.6) is 0 Å². The van der Waals surface area contributed by atoms with Gasteiger partial charge in [0.2, 0.25) is 0 Å². The molecule has 4 heteroatoms. The summed E-state index contributed by atoms with van der Waals surface area (Å²) in [7, 11) is 0. The Kier molecular flexibility index (Phi) is 4.09. The molecule has 0 fully saturated rings. The van der Waals surface area contributed by atoms with Crippen molar-refractivity contribution >= 4 is 22.7 Å². The van der Waals surface area contributed by atoms with Gasteiger partial charge in [-0.1, -0.05) is 30.3 Å². The molecule has 4 nitrogen and oxygen atoms in total. The van der Waals surface area contributed by atoms with Crippen molar-refractivity contribution in [1.29, 1.82) is 0 Å². The molecular formula is C18H18O4. The molecule has 0 saturated heterocycles. The van der Waals surface area contributed by atoms with E-state index in [-0.39, 0.29) is 11.7 Å². The lowest BCUT2D eigenvalue weighted by Crippen LogP contribution is -2.18. The SMILES string of the molecule is CC1CCCCOC(=O)c2ccc3ccccc3c2C(=O)O1. The van der Waals surface area contributed by atoms with E-state index in [1.54, 1.807) is 6.07 Å². The van der Waals surface area contributed by atoms with Crippen molar-refractivity contribution in [2.75, 3.05) is 6.61 Å². The van der Waals surface area contributed by atoms with E-state index in [1.807, 2.05) is 37.3 Å². The van der Waals surface area contributed by atoms with Crippen molar-refractivity contribution in [1.82, 2.24) is 0 Å². The van der Waals surface area contributed by atoms with Crippen molar-refractivity contribution in [3.05, 3.63) is 47.5 Å². The Labute approximate surface area is 129 Å². The van der Waals surface area contributed by atoms with Crippen LogP contribution in [0, 0.1) is 0 Å². The van der Waals surface area contributed by atoms with Gasteiger partial charge in [-0.15, -0.1) is 0 Å². The number of fused-ring (bicyclic) bond motifs is 3. The molecule has 114 valence electrons. The van der Waals surface area contributed by atoms with E-state index >= 15 is 0 Å². The average Bonchev–Trinajstić information content (AvgIpc) is 2.54. The van der Waals surface area contributed by atoms with Crippen molar-refractivity contribution in [2.24, 2.45) is 0 Å². The zero-order chi connectivity index (χ0) is 15.5. The minimum atomic E-state index is -0.466. The van der Waals surface area contributed by atoms with Crippen molar-refractivity contribution in [3.63, 3.8) is 0 Å². The number of carbonyl (C=O) groups excluding carboxylic acids is 2. The highest BCUT2D eigenvalue weighted by Gasteiger charge is 2.24. The van der Waals surface area contributed by atoms with Crippen LogP contribution in [0.3, 0.4) is 0 Å². The molecule has 0 N–H and O–H groups in total. The lowest BCUT2D eigenvalue weighted by atomic mass is 9.99. The number of cyclic esters (lactones) is 2. The summed E-state index contributed by atoms with van der Waals surface area (Å²) in [6.45, 7) is 2.25. The normalized spacial score (nSPS) is 19.8. The fourth-order valence-electron chi connectivity index (χ4n) is 2.74. The van der Waals surface area contributed by atoms with Gasteiger partial charge in [-0.3, -0.25) is 0 Å². The largest absolute Gasteiger partial charge is 0.462 e. The predicted molar refractivity (Wildman–Crippen MR) is 83.0 cm³/mol. The van der Waals surface area contributed by atoms with Crippen molar-refractivity contribution in [3.8, 4) is 0 Å². The molecule has 1 aliphatic rings. The summed E-state index contributed by atoms with van der Waals surface area (Å²) in [5, 5.41) is 1.61. The van der Waals surface area contributed by atoms with E-state index < -0.39 is 11.9 Å². The van der Waals surface area contributed by atoms with E-state index in [4.69, 9.17) is 9.47 Å². The Morgan fingerprint density at radius 3 is 2.68 bits per heavy atom. The second kappa shape index (κ2) is 6.18. The summed E-state index contributed by atoms with van der Waals surface area (Å²) in [5.74, 6) is -0.926. The molecule has 3 rings (SSSR count). The monoisotopic (exact) mass is 298 g/mol. The molecule has 1 heterocycles. The molecule has 1 unspecified atom stereocenters. The molecule has 0 amide bonds. The maximum Gasteiger partial charge on any atom is 0.339 e. The molecule has 0 spiro atoms. The maximum atomic E-state index is 12.6. The summed E-state index contributed by atoms with van der Waals surface area (Å²) in [6, 6.07) is 10.9. The van der Waals surface area contributed by atoms with Gasteiger partial charge in [-0.25, -0.2) is 9.59 Å². The quantitative estimate of drug-likeness (QED) is 0.695. The smallest absolute Gasteiger partial charge is 0.339 e. The van der Waals surface area contributed by atoms with Crippen LogP contribution >= 0.6 is 0 Å². The van der Waals surface area contributed by atoms with Gasteiger partial charge in [-0.05, 0) is 43.0 Å². The molecule has 1 aliphatic heterocycles. The zero-order valence-corrected chi connectivity index (χ0v) is 12.5. The van der Waals surface area contributed by atoms with Crippen LogP contribution in [0.2, 0.25) is 0 Å². The molecule has 0 aromatic heterocycles. The first kappa shape index (κ1) is 14.6. The number of hydrogen-bond donors (Lipinski definition) is 0. The van der Waals surface area contributed by atoms with E-state index in [2.05, 4.69) is 0 Å². The van der Waals surface area contributed by atoms with E-state index in [9.17, 15) is 9.59 Å². The van der Waals surface area contributed by atoms with Crippen LogP contribution in [0.4, 0.5) is 0 Å². The molecule has 0 aliphatic carbocycles. The minimum absolute atomic E-state index is 0.174. The Bertz CT molecular complexity index is 720. The van der Waals surface area contributed by atoms with E-state index in [1.165, 1.54) is 0 Å². The molecular weight excluding hydrogens is 280 g/mol. The Hall–Kier alpha value is -2.36. The van der Waals surface area contributed by atoms with Gasteiger partial charge in [0.25, 0.3) is 0 Å². The average molecular weight is 298 g/mol. The number of carbonyl (C=O) groups is 2. The first-order valence-electron chi connectivity index (χ1n) is 7.56. The Morgan fingerprint density at radius 2 is 1.82 bits per heavy atom. The first-order chi connectivity index (χ1) is 10.7. The number of benzene rings is 2. The van der Waals surface area contributed by atoms with Crippen LogP contribution in [-0.4, -0.2) is 24.6 Å². The molecule has 22 heavy (non-hydrogen) atoms. The van der Waals surface area contributed by atoms with Gasteiger partial charge in [0.05, 0.1) is 23.8 Å². The highest BCUT2D eigenvalue weighted by atomic mass is 16.5. The molecule has 2 aromatic rings. The summed E-state index contributed by atoms with van der Waals surface area (Å²) < 4.78 is 10.8. The lowest BCUT2D eigenvalue weighted by molar-refractivity contribution is 0.0321. The van der Waals surface area contributed by atoms with Gasteiger partial charge in [-0.2, -0.15) is 0 Å². The molecule has 0 bridgehead atoms. The van der Waals surface area contributed by atoms with Crippen LogP contribution < -0.4 is 0 Å². The predicted octanol–water partition coefficient (Wildman–Crippen LogP) is 3.73. The van der Waals surface area contributed by atoms with E-state index in [0.29, 0.717) is 17.6 Å². The molecule has 0 radical (unpaired) electrons. The minimum Gasteiger partial charge on any atom is -0.462 e. The topological polar surface area (TPSA) is 52.6 Å². The Balaban J connectivity index is 2.16. The standard InChI is InChI=1S/C18H18O4/c1-12-6-4-5-11-21-17(19)15-10-9-13-7-2-3-8-14(13)16(15)18(20)22-12/h2-3,7-10,12H,4-6,11H2,1H3. The number of ether oxygens (including phenoxy) is 2. The third-order valence-electron chi connectivity index (χ3n) is 3.90. The third-order valence-corrected chi connectivity index (χ3v) is 3.90. The van der Waals surface area contributed by atoms with Gasteiger partial charge >= 0.3 is 11.9 Å². The van der Waals surface area contributed by atoms with Gasteiger partial charge in [0, 0.05) is 0 Å². The van der Waals surface area contributed by atoms with Crippen LogP contribution in [-0.2, 0) is 9.47 Å². The Morgan fingerprint density at radius 1 is 1.00 bits per heavy atom. The van der Waals surface area contributed by atoms with Gasteiger partial charge in [0.1, 0.15) is 0 Å². The van der Waals surface area contributed by atoms with Crippen LogP contribution in [0.25, 0.3) is 10.8 Å². The highest BCUT2D eigenvalue weighted by Crippen LogP contribution is 2.25. The number of hydrogen-bond acceptors (Lipinski definition) is 4. The highest BCUT2D eigenvalue weighted by molar-refractivity contribution is 6.12. The fourth-order valence-corrected chi connectivity index (χ4v) is 2.74. The van der Waals surface area contributed by atoms with Crippen LogP contribution in [0.1, 0.15) is 46.9 Å². The number of esters is 2. The summed E-state index contributed by atoms with van der Waals surface area (Å²) in [6.07, 6.45) is 2.23. The summed E-state index contributed by atoms with van der Waals surface area (Å²) in [4.78, 5) is 24.9. The third kappa shape index (κ3) is 2.82. The number of rotatable bonds is 0. The first-order valence-corrected chi connectivity index (χ1v) is 7.56. The van der Waals surface area contributed by atoms with Crippen molar-refractivity contribution in [2.45, 2.75) is 32.3 Å². The second-order valence-corrected chi connectivity index (χ2v) is 5.56. The van der Waals surface area contributed by atoms with Gasteiger partial charge in [0.15, 0.2) is 0 Å². The van der Waals surface area contributed by atoms with Crippen LogP contribution in [0.15, 0.2) is 36.4 Å². The second-order valence-electron chi connectivity index (χ2n) is 5.56. The fraction of sp³-hybridized carbons (Fsp3) is 0.333. The zero-order valence-electron chi connectivity index (χ0n) is 12.5. The molecule has 0 saturated carbocycles. The lowest BCUT2D eigenvalue weighted by Gasteiger charge is -2.15. The summed E-state index contributed by atoms with van der Waals surface area (Å²) >= 11 is 0.